The quantitative estimate of drug-likeness (QED) is 0.0449. The fourth-order valence-electron chi connectivity index (χ4n) is 7.39. The molecule has 0 atom stereocenters. The molecule has 18 nitrogen and oxygen atoms in total. The number of fused-ring (bicyclic) bond motifs is 2. The number of phenolic OH excluding ortho intramolecular Hbond substituents is 1. The van der Waals surface area contributed by atoms with Crippen LogP contribution >= 0.6 is 23.2 Å². The van der Waals surface area contributed by atoms with Crippen molar-refractivity contribution in [2.45, 2.75) is 37.5 Å². The third-order valence-electron chi connectivity index (χ3n) is 11.0. The maximum absolute atomic E-state index is 13.3. The van der Waals surface area contributed by atoms with Crippen molar-refractivity contribution in [1.82, 2.24) is 0 Å². The number of carbonyl (C=O) groups excluding carboxylic acids is 2. The smallest absolute Gasteiger partial charge is 0.870 e. The van der Waals surface area contributed by atoms with Crippen LogP contribution in [0.5, 0.6) is 23.0 Å². The minimum atomic E-state index is -4.82. The zero-order chi connectivity index (χ0) is 53.5. The maximum atomic E-state index is 13.3. The molecule has 0 saturated heterocycles. The Bertz CT molecular complexity index is 3530. The molecule has 2 amide bonds. The van der Waals surface area contributed by atoms with E-state index in [9.17, 15) is 45.7 Å². The molecule has 0 aromatic heterocycles. The minimum absolute atomic E-state index is 0. The van der Waals surface area contributed by atoms with Gasteiger partial charge in [0.05, 0.1) is 40.7 Å². The molecule has 23 heteroatoms. The fourth-order valence-corrected chi connectivity index (χ4v) is 9.46. The van der Waals surface area contributed by atoms with E-state index in [1.807, 2.05) is 13.8 Å². The van der Waals surface area contributed by atoms with Crippen molar-refractivity contribution in [3.63, 3.8) is 0 Å². The third-order valence-corrected chi connectivity index (χ3v) is 13.3. The normalized spacial score (nSPS) is 11.5. The number of benzene rings is 8. The molecule has 0 aliphatic rings. The van der Waals surface area contributed by atoms with E-state index in [0.29, 0.717) is 57.6 Å². The van der Waals surface area contributed by atoms with Crippen molar-refractivity contribution in [2.24, 2.45) is 20.5 Å². The SMILES string of the molecule is CCOc1ccc(NC(=O)c2cc3ccccc3c(N=Nc3cc(Cl)cc(S(=O)(=O)O)c3C)c2O)cc1.CCOc1ccc(NC(=O)c2cc3ccccc3c(N=Nc3cc(Cl)cc(S(=O)(=O)[O-])c3C)c2[O-])cc1.[Ba+2]. The van der Waals surface area contributed by atoms with Crippen LogP contribution in [0.3, 0.4) is 0 Å². The molecule has 0 bridgehead atoms. The molecule has 8 rings (SSSR count). The summed E-state index contributed by atoms with van der Waals surface area (Å²) in [5.74, 6) is -1.01. The van der Waals surface area contributed by atoms with Crippen LogP contribution in [0.1, 0.15) is 45.7 Å². The molecule has 0 heterocycles. The van der Waals surface area contributed by atoms with Gasteiger partial charge in [-0.15, -0.1) is 5.11 Å². The van der Waals surface area contributed by atoms with Gasteiger partial charge in [-0.1, -0.05) is 77.5 Å². The Morgan fingerprint density at radius 2 is 1.01 bits per heavy atom. The molecule has 4 N–H and O–H groups in total. The summed E-state index contributed by atoms with van der Waals surface area (Å²) in [7, 11) is -9.37. The molecular formula is C52H42BaCl2N6O12S2. The zero-order valence-electron chi connectivity index (χ0n) is 40.2. The van der Waals surface area contributed by atoms with Gasteiger partial charge in [0.2, 0.25) is 0 Å². The second-order valence-corrected chi connectivity index (χ2v) is 19.5. The first-order valence-electron chi connectivity index (χ1n) is 22.1. The van der Waals surface area contributed by atoms with Crippen LogP contribution in [-0.4, -0.2) is 105 Å². The van der Waals surface area contributed by atoms with Crippen LogP contribution in [0.4, 0.5) is 34.1 Å². The Labute approximate surface area is 481 Å². The number of carbonyl (C=O) groups is 2. The largest absolute Gasteiger partial charge is 2.00 e. The van der Waals surface area contributed by atoms with Gasteiger partial charge in [-0.3, -0.25) is 14.1 Å². The van der Waals surface area contributed by atoms with Crippen molar-refractivity contribution in [1.29, 1.82) is 0 Å². The molecule has 0 radical (unpaired) electrons. The molecule has 380 valence electrons. The number of hydrogen-bond acceptors (Lipinski definition) is 15. The summed E-state index contributed by atoms with van der Waals surface area (Å²) in [6.45, 7) is 7.56. The van der Waals surface area contributed by atoms with Gasteiger partial charge >= 0.3 is 48.9 Å². The van der Waals surface area contributed by atoms with Gasteiger partial charge in [0.25, 0.3) is 21.9 Å². The second kappa shape index (κ2) is 25.0. The summed E-state index contributed by atoms with van der Waals surface area (Å²) in [6, 6.07) is 35.1. The molecule has 0 spiro atoms. The van der Waals surface area contributed by atoms with Crippen molar-refractivity contribution in [2.75, 3.05) is 23.8 Å². The first-order chi connectivity index (χ1) is 35.2. The third kappa shape index (κ3) is 14.1. The van der Waals surface area contributed by atoms with Crippen LogP contribution in [0, 0.1) is 13.8 Å². The Hall–Kier alpha value is -6.41. The molecular weight excluding hydrogens is 1170 g/mol. The van der Waals surface area contributed by atoms with E-state index in [1.54, 1.807) is 97.1 Å². The minimum Gasteiger partial charge on any atom is -0.870 e. The molecule has 0 unspecified atom stereocenters. The number of rotatable bonds is 14. The number of nitrogens with zero attached hydrogens (tertiary/aromatic N) is 4. The summed E-state index contributed by atoms with van der Waals surface area (Å²) in [4.78, 5) is 25.2. The van der Waals surface area contributed by atoms with Crippen LogP contribution in [-0.2, 0) is 20.2 Å². The average molecular weight is 1220 g/mol. The van der Waals surface area contributed by atoms with Crippen LogP contribution in [0.15, 0.2) is 164 Å². The summed E-state index contributed by atoms with van der Waals surface area (Å²) in [5, 5.41) is 48.3. The number of nitrogens with one attached hydrogen (secondary N) is 2. The van der Waals surface area contributed by atoms with Crippen LogP contribution in [0.2, 0.25) is 10.0 Å². The van der Waals surface area contributed by atoms with Gasteiger partial charge < -0.3 is 34.9 Å². The van der Waals surface area contributed by atoms with Crippen LogP contribution < -0.4 is 25.2 Å². The molecule has 0 fully saturated rings. The summed E-state index contributed by atoms with van der Waals surface area (Å²) in [5.41, 5.74) is 0.843. The predicted octanol–water partition coefficient (Wildman–Crippen LogP) is 12.3. The number of halogens is 2. The Balaban J connectivity index is 0.000000241. The Morgan fingerprint density at radius 1 is 0.600 bits per heavy atom. The van der Waals surface area contributed by atoms with Gasteiger partial charge in [0.1, 0.15) is 32.2 Å². The number of hydrogen-bond donors (Lipinski definition) is 4. The molecule has 8 aromatic carbocycles. The van der Waals surface area contributed by atoms with E-state index >= 15 is 0 Å². The summed E-state index contributed by atoms with van der Waals surface area (Å²) >= 11 is 12.0. The predicted molar refractivity (Wildman–Crippen MR) is 284 cm³/mol. The summed E-state index contributed by atoms with van der Waals surface area (Å²) < 4.78 is 78.5. The number of phenols is 1. The van der Waals surface area contributed by atoms with Crippen molar-refractivity contribution < 1.29 is 55.2 Å². The Morgan fingerprint density at radius 3 is 1.48 bits per heavy atom. The monoisotopic (exact) mass is 1210 g/mol. The van der Waals surface area contributed by atoms with Crippen LogP contribution in [0.25, 0.3) is 21.5 Å². The standard InChI is InChI=1S/2C26H22ClN3O6S.Ba/c2*1-3-36-19-10-8-18(9-11-19)28-26(32)21-12-16-6-4-5-7-20(16)24(25(21)31)30-29-22-13-17(27)14-23(15(22)2)37(33,34)35;/h2*4-14,31H,3H2,1-2H3,(H,28,32)(H,33,34,35);/q;;+2/p-2. The van der Waals surface area contributed by atoms with Crippen molar-refractivity contribution >= 4 is 160 Å². The molecule has 8 aromatic rings. The van der Waals surface area contributed by atoms with Crippen molar-refractivity contribution in [3.05, 3.63) is 166 Å². The maximum Gasteiger partial charge on any atom is 2.00 e. The van der Waals surface area contributed by atoms with E-state index in [2.05, 4.69) is 31.1 Å². The van der Waals surface area contributed by atoms with Gasteiger partial charge in [-0.25, -0.2) is 8.42 Å². The average Bonchev–Trinajstić information content (AvgIpc) is 3.35. The van der Waals surface area contributed by atoms with Gasteiger partial charge in [-0.05, 0) is 135 Å². The molecule has 75 heavy (non-hydrogen) atoms. The van der Waals surface area contributed by atoms with Gasteiger partial charge in [0, 0.05) is 37.8 Å². The molecule has 0 aliphatic carbocycles. The number of anilines is 2. The molecule has 0 aliphatic heterocycles. The Kier molecular flexibility index (Phi) is 19.3. The second-order valence-electron chi connectivity index (χ2n) is 15.9. The number of amides is 2. The topological polar surface area (TPSA) is 281 Å². The zero-order valence-corrected chi connectivity index (χ0v) is 47.7. The van der Waals surface area contributed by atoms with E-state index in [-0.39, 0.29) is 104 Å². The molecule has 0 saturated carbocycles. The number of aromatic hydroxyl groups is 1. The van der Waals surface area contributed by atoms with Gasteiger partial charge in [-0.2, -0.15) is 23.8 Å². The van der Waals surface area contributed by atoms with E-state index in [0.717, 1.165) is 12.1 Å². The number of ether oxygens (including phenoxy) is 2. The van der Waals surface area contributed by atoms with Crippen molar-refractivity contribution in [3.8, 4) is 23.0 Å². The van der Waals surface area contributed by atoms with E-state index in [4.69, 9.17) is 32.7 Å². The summed E-state index contributed by atoms with van der Waals surface area (Å²) in [6.07, 6.45) is 0. The van der Waals surface area contributed by atoms with E-state index in [1.165, 1.54) is 38.1 Å². The fraction of sp³-hybridized carbons (Fsp3) is 0.115. The number of azo groups is 2. The van der Waals surface area contributed by atoms with E-state index < -0.39 is 53.3 Å². The first-order valence-corrected chi connectivity index (χ1v) is 25.7. The van der Waals surface area contributed by atoms with Gasteiger partial charge in [0.15, 0.2) is 5.75 Å². The first kappa shape index (κ1) is 57.9.